The number of hydrogen-bond acceptors (Lipinski definition) is 3. The van der Waals surface area contributed by atoms with Crippen molar-refractivity contribution in [3.63, 3.8) is 0 Å². The fourth-order valence-electron chi connectivity index (χ4n) is 2.50. The second-order valence-corrected chi connectivity index (χ2v) is 6.72. The lowest BCUT2D eigenvalue weighted by Crippen LogP contribution is -2.45. The first-order chi connectivity index (χ1) is 8.96. The number of halogens is 1. The molecule has 19 heavy (non-hydrogen) atoms. The molecule has 6 heteroatoms. The minimum atomic E-state index is -3.66. The van der Waals surface area contributed by atoms with Crippen LogP contribution in [0.2, 0.25) is 0 Å². The third-order valence-corrected chi connectivity index (χ3v) is 5.62. The van der Waals surface area contributed by atoms with Crippen molar-refractivity contribution in [2.24, 2.45) is 0 Å². The summed E-state index contributed by atoms with van der Waals surface area (Å²) in [7, 11) is -3.66. The molecule has 1 N–H and O–H groups in total. The number of aliphatic hydroxyl groups excluding tert-OH is 1. The van der Waals surface area contributed by atoms with Crippen molar-refractivity contribution in [1.82, 2.24) is 4.31 Å². The fourth-order valence-corrected chi connectivity index (χ4v) is 4.39. The molecule has 0 bridgehead atoms. The van der Waals surface area contributed by atoms with E-state index >= 15 is 0 Å². The molecule has 0 radical (unpaired) electrons. The Morgan fingerprint density at radius 2 is 2.16 bits per heavy atom. The summed E-state index contributed by atoms with van der Waals surface area (Å²) in [6.45, 7) is 1.80. The van der Waals surface area contributed by atoms with Gasteiger partial charge in [0, 0.05) is 12.6 Å². The number of aliphatic hydroxyl groups is 1. The topological polar surface area (TPSA) is 57.6 Å². The maximum atomic E-state index is 13.1. The van der Waals surface area contributed by atoms with Crippen LogP contribution in [0, 0.1) is 12.7 Å². The zero-order chi connectivity index (χ0) is 14.0. The Morgan fingerprint density at radius 1 is 1.42 bits per heavy atom. The van der Waals surface area contributed by atoms with Crippen molar-refractivity contribution in [1.29, 1.82) is 0 Å². The van der Waals surface area contributed by atoms with Crippen molar-refractivity contribution in [3.8, 4) is 0 Å². The quantitative estimate of drug-likeness (QED) is 0.920. The van der Waals surface area contributed by atoms with Crippen LogP contribution in [0.3, 0.4) is 0 Å². The molecule has 0 amide bonds. The first-order valence-electron chi connectivity index (χ1n) is 6.35. The third kappa shape index (κ3) is 2.80. The fraction of sp³-hybridized carbons (Fsp3) is 0.538. The molecule has 1 unspecified atom stereocenters. The van der Waals surface area contributed by atoms with Crippen LogP contribution >= 0.6 is 0 Å². The van der Waals surface area contributed by atoms with Crippen LogP contribution in [-0.4, -0.2) is 37.0 Å². The lowest BCUT2D eigenvalue weighted by molar-refractivity contribution is 0.155. The van der Waals surface area contributed by atoms with Gasteiger partial charge in [-0.15, -0.1) is 0 Å². The van der Waals surface area contributed by atoms with Crippen molar-refractivity contribution < 1.29 is 17.9 Å². The summed E-state index contributed by atoms with van der Waals surface area (Å²) in [5.41, 5.74) is 0.391. The first kappa shape index (κ1) is 14.4. The van der Waals surface area contributed by atoms with Crippen LogP contribution in [-0.2, 0) is 10.0 Å². The van der Waals surface area contributed by atoms with Crippen LogP contribution in [0.5, 0.6) is 0 Å². The SMILES string of the molecule is Cc1cc(F)ccc1S(=O)(=O)N1CCCCC1CO. The molecule has 1 fully saturated rings. The van der Waals surface area contributed by atoms with Gasteiger partial charge in [-0.1, -0.05) is 6.42 Å². The molecule has 1 aliphatic heterocycles. The third-order valence-electron chi connectivity index (χ3n) is 3.51. The molecule has 2 rings (SSSR count). The van der Waals surface area contributed by atoms with Gasteiger partial charge in [-0.25, -0.2) is 12.8 Å². The van der Waals surface area contributed by atoms with E-state index < -0.39 is 15.8 Å². The minimum Gasteiger partial charge on any atom is -0.395 e. The van der Waals surface area contributed by atoms with E-state index in [1.165, 1.54) is 16.4 Å². The Balaban J connectivity index is 2.40. The number of benzene rings is 1. The molecular formula is C13H18FNO3S. The number of sulfonamides is 1. The predicted molar refractivity (Wildman–Crippen MR) is 69.8 cm³/mol. The zero-order valence-corrected chi connectivity index (χ0v) is 11.7. The minimum absolute atomic E-state index is 0.120. The maximum Gasteiger partial charge on any atom is 0.243 e. The van der Waals surface area contributed by atoms with Crippen molar-refractivity contribution in [2.75, 3.05) is 13.2 Å². The van der Waals surface area contributed by atoms with E-state index in [1.54, 1.807) is 6.92 Å². The summed E-state index contributed by atoms with van der Waals surface area (Å²) in [6.07, 6.45) is 2.37. The van der Waals surface area contributed by atoms with Gasteiger partial charge < -0.3 is 5.11 Å². The van der Waals surface area contributed by atoms with Gasteiger partial charge in [-0.2, -0.15) is 4.31 Å². The monoisotopic (exact) mass is 287 g/mol. The van der Waals surface area contributed by atoms with Gasteiger partial charge in [0.25, 0.3) is 0 Å². The molecule has 106 valence electrons. The van der Waals surface area contributed by atoms with Gasteiger partial charge in [0.05, 0.1) is 11.5 Å². The molecule has 1 atom stereocenters. The first-order valence-corrected chi connectivity index (χ1v) is 7.79. The van der Waals surface area contributed by atoms with Crippen LogP contribution in [0.15, 0.2) is 23.1 Å². The van der Waals surface area contributed by atoms with Gasteiger partial charge in [0.1, 0.15) is 5.82 Å². The highest BCUT2D eigenvalue weighted by atomic mass is 32.2. The zero-order valence-electron chi connectivity index (χ0n) is 10.8. The summed E-state index contributed by atoms with van der Waals surface area (Å²) < 4.78 is 39.6. The Kier molecular flexibility index (Phi) is 4.23. The molecule has 0 spiro atoms. The van der Waals surface area contributed by atoms with Gasteiger partial charge >= 0.3 is 0 Å². The predicted octanol–water partition coefficient (Wildman–Crippen LogP) is 1.67. The van der Waals surface area contributed by atoms with Crippen LogP contribution in [0.1, 0.15) is 24.8 Å². The molecule has 0 saturated carbocycles. The highest BCUT2D eigenvalue weighted by molar-refractivity contribution is 7.89. The van der Waals surface area contributed by atoms with Crippen LogP contribution < -0.4 is 0 Å². The van der Waals surface area contributed by atoms with E-state index in [9.17, 15) is 17.9 Å². The lowest BCUT2D eigenvalue weighted by Gasteiger charge is -2.33. The summed E-state index contributed by atoms with van der Waals surface area (Å²) in [6, 6.07) is 3.29. The summed E-state index contributed by atoms with van der Waals surface area (Å²) >= 11 is 0. The normalized spacial score (nSPS) is 21.5. The Morgan fingerprint density at radius 3 is 2.79 bits per heavy atom. The van der Waals surface area contributed by atoms with Crippen LogP contribution in [0.4, 0.5) is 4.39 Å². The Labute approximate surface area is 112 Å². The summed E-state index contributed by atoms with van der Waals surface area (Å²) in [4.78, 5) is 0.120. The molecule has 1 saturated heterocycles. The number of hydrogen-bond donors (Lipinski definition) is 1. The standard InChI is InChI=1S/C13H18FNO3S/c1-10-8-11(14)5-6-13(10)19(17,18)15-7-3-2-4-12(15)9-16/h5-6,8,12,16H,2-4,7,9H2,1H3. The Bertz CT molecular complexity index is 559. The highest BCUT2D eigenvalue weighted by Crippen LogP contribution is 2.27. The van der Waals surface area contributed by atoms with Crippen LogP contribution in [0.25, 0.3) is 0 Å². The van der Waals surface area contributed by atoms with E-state index in [2.05, 4.69) is 0 Å². The van der Waals surface area contributed by atoms with E-state index in [4.69, 9.17) is 0 Å². The maximum absolute atomic E-state index is 13.1. The molecule has 0 aromatic heterocycles. The molecule has 4 nitrogen and oxygen atoms in total. The second-order valence-electron chi connectivity index (χ2n) is 4.86. The molecule has 0 aliphatic carbocycles. The van der Waals surface area contributed by atoms with Gasteiger partial charge in [-0.3, -0.25) is 0 Å². The van der Waals surface area contributed by atoms with Gasteiger partial charge in [0.15, 0.2) is 0 Å². The molecular weight excluding hydrogens is 269 g/mol. The van der Waals surface area contributed by atoms with Crippen molar-refractivity contribution >= 4 is 10.0 Å². The van der Waals surface area contributed by atoms with E-state index in [1.807, 2.05) is 0 Å². The Hall–Kier alpha value is -0.980. The van der Waals surface area contributed by atoms with E-state index in [0.29, 0.717) is 18.5 Å². The lowest BCUT2D eigenvalue weighted by atomic mass is 10.1. The number of aryl methyl sites for hydroxylation is 1. The number of piperidine rings is 1. The second kappa shape index (κ2) is 5.56. The highest BCUT2D eigenvalue weighted by Gasteiger charge is 2.33. The van der Waals surface area contributed by atoms with Gasteiger partial charge in [0.2, 0.25) is 10.0 Å². The van der Waals surface area contributed by atoms with E-state index in [-0.39, 0.29) is 17.5 Å². The largest absolute Gasteiger partial charge is 0.395 e. The number of nitrogens with zero attached hydrogens (tertiary/aromatic N) is 1. The number of rotatable bonds is 3. The van der Waals surface area contributed by atoms with Crippen molar-refractivity contribution in [3.05, 3.63) is 29.6 Å². The summed E-state index contributed by atoms with van der Waals surface area (Å²) in [5.74, 6) is -0.450. The van der Waals surface area contributed by atoms with Crippen molar-refractivity contribution in [2.45, 2.75) is 37.1 Å². The van der Waals surface area contributed by atoms with E-state index in [0.717, 1.165) is 18.9 Å². The van der Waals surface area contributed by atoms with Gasteiger partial charge in [-0.05, 0) is 43.5 Å². The smallest absolute Gasteiger partial charge is 0.243 e. The molecule has 1 aromatic rings. The molecule has 1 heterocycles. The summed E-state index contributed by atoms with van der Waals surface area (Å²) in [5, 5.41) is 9.32. The average molecular weight is 287 g/mol. The molecule has 1 aliphatic rings. The molecule has 1 aromatic carbocycles. The average Bonchev–Trinajstić information content (AvgIpc) is 2.38.